The zero-order valence-electron chi connectivity index (χ0n) is 22.7. The molecule has 2 amide bonds. The molecule has 0 bridgehead atoms. The minimum atomic E-state index is -3.47. The molecule has 10 heteroatoms. The number of nitrogens with one attached hydrogen (secondary N) is 2. The van der Waals surface area contributed by atoms with Gasteiger partial charge in [0.05, 0.1) is 17.4 Å². The van der Waals surface area contributed by atoms with Gasteiger partial charge in [0.25, 0.3) is 0 Å². The van der Waals surface area contributed by atoms with Gasteiger partial charge in [-0.05, 0) is 101 Å². The maximum Gasteiger partial charge on any atom is 0.248 e. The van der Waals surface area contributed by atoms with Crippen LogP contribution in [0.4, 0.5) is 0 Å². The molecule has 0 radical (unpaired) electrons. The Morgan fingerprint density at radius 3 is 2.58 bits per heavy atom. The molecule has 214 valence electrons. The maximum absolute atomic E-state index is 13.7. The molecule has 4 N–H and O–H groups in total. The number of fused-ring (bicyclic) bond motifs is 5. The van der Waals surface area contributed by atoms with Gasteiger partial charge in [-0.25, -0.2) is 13.6 Å². The highest BCUT2D eigenvalue weighted by atomic mass is 32.2. The van der Waals surface area contributed by atoms with Crippen LogP contribution in [0.3, 0.4) is 0 Å². The van der Waals surface area contributed by atoms with Gasteiger partial charge in [-0.15, -0.1) is 0 Å². The van der Waals surface area contributed by atoms with Crippen LogP contribution in [-0.4, -0.2) is 73.8 Å². The van der Waals surface area contributed by atoms with Crippen LogP contribution in [0.5, 0.6) is 0 Å². The molecule has 3 aliphatic heterocycles. The van der Waals surface area contributed by atoms with Crippen molar-refractivity contribution in [2.75, 3.05) is 13.1 Å². The molecule has 0 spiro atoms. The highest BCUT2D eigenvalue weighted by Crippen LogP contribution is 2.54. The summed E-state index contributed by atoms with van der Waals surface area (Å²) >= 11 is 0. The van der Waals surface area contributed by atoms with Gasteiger partial charge in [0, 0.05) is 24.5 Å². The van der Waals surface area contributed by atoms with Gasteiger partial charge in [-0.2, -0.15) is 0 Å². The fraction of sp³-hybridized carbons (Fsp3) is 0.929. The summed E-state index contributed by atoms with van der Waals surface area (Å²) in [5.74, 6) is 2.35. The Hall–Kier alpha value is -1.23. The first kappa shape index (κ1) is 27.0. The van der Waals surface area contributed by atoms with E-state index in [4.69, 9.17) is 9.88 Å². The number of amides is 2. The number of sulfonamides is 1. The fourth-order valence-electron chi connectivity index (χ4n) is 9.33. The first-order chi connectivity index (χ1) is 18.2. The van der Waals surface area contributed by atoms with E-state index in [0.717, 1.165) is 51.5 Å². The summed E-state index contributed by atoms with van der Waals surface area (Å²) in [6.07, 6.45) is 10.8. The van der Waals surface area contributed by atoms with Crippen LogP contribution in [0.1, 0.15) is 84.0 Å². The van der Waals surface area contributed by atoms with Crippen LogP contribution < -0.4 is 15.8 Å². The van der Waals surface area contributed by atoms with E-state index in [-0.39, 0.29) is 23.8 Å². The lowest BCUT2D eigenvalue weighted by Crippen LogP contribution is -2.66. The fourth-order valence-corrected chi connectivity index (χ4v) is 10.3. The van der Waals surface area contributed by atoms with Gasteiger partial charge in [-0.3, -0.25) is 9.59 Å². The quantitative estimate of drug-likeness (QED) is 0.463. The third-order valence-corrected chi connectivity index (χ3v) is 12.5. The summed E-state index contributed by atoms with van der Waals surface area (Å²) in [4.78, 5) is 28.9. The zero-order valence-corrected chi connectivity index (χ0v) is 23.5. The number of hydrogen-bond donors (Lipinski definition) is 3. The zero-order chi connectivity index (χ0) is 26.6. The van der Waals surface area contributed by atoms with E-state index in [1.165, 1.54) is 19.3 Å². The molecule has 3 saturated heterocycles. The van der Waals surface area contributed by atoms with Gasteiger partial charge in [0.15, 0.2) is 0 Å². The van der Waals surface area contributed by atoms with Crippen LogP contribution >= 0.6 is 0 Å². The third-order valence-electron chi connectivity index (χ3n) is 11.1. The van der Waals surface area contributed by atoms with E-state index < -0.39 is 21.4 Å². The molecule has 3 saturated carbocycles. The Labute approximate surface area is 227 Å². The smallest absolute Gasteiger partial charge is 0.248 e. The van der Waals surface area contributed by atoms with Gasteiger partial charge in [-0.1, -0.05) is 12.8 Å². The first-order valence-corrected chi connectivity index (χ1v) is 16.8. The Bertz CT molecular complexity index is 1010. The van der Waals surface area contributed by atoms with Crippen molar-refractivity contribution in [3.8, 4) is 0 Å². The molecule has 0 aromatic carbocycles. The predicted molar refractivity (Wildman–Crippen MR) is 143 cm³/mol. The van der Waals surface area contributed by atoms with E-state index in [2.05, 4.69) is 15.5 Å². The monoisotopic (exact) mass is 550 g/mol. The van der Waals surface area contributed by atoms with Crippen LogP contribution in [-0.2, 0) is 24.3 Å². The van der Waals surface area contributed by atoms with Crippen LogP contribution in [0, 0.1) is 29.6 Å². The molecule has 6 fully saturated rings. The van der Waals surface area contributed by atoms with E-state index >= 15 is 0 Å². The number of ether oxygens (including phenoxy) is 1. The summed E-state index contributed by atoms with van der Waals surface area (Å²) in [5.41, 5.74) is 0. The molecule has 3 heterocycles. The molecule has 38 heavy (non-hydrogen) atoms. The Morgan fingerprint density at radius 1 is 1.05 bits per heavy atom. The van der Waals surface area contributed by atoms with Crippen molar-refractivity contribution >= 4 is 21.8 Å². The molecule has 3 aliphatic carbocycles. The van der Waals surface area contributed by atoms with Crippen molar-refractivity contribution < 1.29 is 22.7 Å². The highest BCUT2D eigenvalue weighted by Gasteiger charge is 2.61. The molecular weight excluding hydrogens is 504 g/mol. The minimum Gasteiger partial charge on any atom is -0.365 e. The number of rotatable bonds is 6. The van der Waals surface area contributed by atoms with E-state index in [1.54, 1.807) is 0 Å². The van der Waals surface area contributed by atoms with Crippen molar-refractivity contribution in [1.29, 1.82) is 0 Å². The van der Waals surface area contributed by atoms with E-state index in [1.807, 2.05) is 6.92 Å². The second-order valence-electron chi connectivity index (χ2n) is 13.1. The molecular formula is C28H46N4O5S. The average Bonchev–Trinajstić information content (AvgIpc) is 3.25. The van der Waals surface area contributed by atoms with Gasteiger partial charge < -0.3 is 20.3 Å². The standard InChI is InChI=1S/C28H46N4O5S/c1-16(27(33)31-15-17-6-9-19(10-7-17)38(29,35)36)37-18-8-11-24-23(14-18)21-12-13-30-25-20-4-2-3-5-22(20)28(34)32(24)26(21)25/h16-26,30H,2-15H2,1H3,(H,31,33)(H2,29,35,36). The number of carbonyl (C=O) groups excluding carboxylic acids is 2. The lowest BCUT2D eigenvalue weighted by Gasteiger charge is -2.52. The normalized spacial score (nSPS) is 43.5. The predicted octanol–water partition coefficient (Wildman–Crippen LogP) is 1.90. The molecule has 9 atom stereocenters. The molecule has 6 rings (SSSR count). The second-order valence-corrected chi connectivity index (χ2v) is 15.0. The van der Waals surface area contributed by atoms with Gasteiger partial charge in [0.2, 0.25) is 21.8 Å². The molecule has 9 nitrogen and oxygen atoms in total. The topological polar surface area (TPSA) is 131 Å². The van der Waals surface area contributed by atoms with E-state index in [0.29, 0.717) is 61.2 Å². The van der Waals surface area contributed by atoms with Gasteiger partial charge in [0.1, 0.15) is 6.10 Å². The summed E-state index contributed by atoms with van der Waals surface area (Å²) < 4.78 is 29.5. The lowest BCUT2D eigenvalue weighted by molar-refractivity contribution is -0.152. The summed E-state index contributed by atoms with van der Waals surface area (Å²) in [6.45, 7) is 3.44. The lowest BCUT2D eigenvalue weighted by atomic mass is 9.66. The molecule has 0 aromatic heterocycles. The minimum absolute atomic E-state index is 0.0502. The highest BCUT2D eigenvalue weighted by molar-refractivity contribution is 7.89. The number of nitrogens with zero attached hydrogens (tertiary/aromatic N) is 1. The second kappa shape index (κ2) is 10.6. The number of carbonyl (C=O) groups is 2. The SMILES string of the molecule is CC(OC1CCC2C(C1)C1CCNC3C4CCCCC4C(=O)N2C13)C(=O)NCC1CCC(S(N)(=O)=O)CC1. The average molecular weight is 551 g/mol. The van der Waals surface area contributed by atoms with Crippen molar-refractivity contribution in [1.82, 2.24) is 15.5 Å². The Kier molecular flexibility index (Phi) is 7.55. The van der Waals surface area contributed by atoms with Crippen LogP contribution in [0.2, 0.25) is 0 Å². The van der Waals surface area contributed by atoms with Gasteiger partial charge >= 0.3 is 0 Å². The number of nitrogens with two attached hydrogens (primary N) is 1. The largest absolute Gasteiger partial charge is 0.365 e. The molecule has 6 aliphatic rings. The number of piperidine rings is 2. The number of hydrogen-bond acceptors (Lipinski definition) is 6. The molecule has 9 unspecified atom stereocenters. The van der Waals surface area contributed by atoms with E-state index in [9.17, 15) is 18.0 Å². The third kappa shape index (κ3) is 4.92. The summed E-state index contributed by atoms with van der Waals surface area (Å²) in [6, 6.07) is 1.13. The Balaban J connectivity index is 1.03. The van der Waals surface area contributed by atoms with Crippen LogP contribution in [0.15, 0.2) is 0 Å². The van der Waals surface area contributed by atoms with Crippen molar-refractivity contribution in [3.05, 3.63) is 0 Å². The number of primary sulfonamides is 1. The van der Waals surface area contributed by atoms with Crippen LogP contribution in [0.25, 0.3) is 0 Å². The van der Waals surface area contributed by atoms with Crippen molar-refractivity contribution in [2.45, 2.75) is 120 Å². The molecule has 0 aromatic rings. The Morgan fingerprint density at radius 2 is 1.82 bits per heavy atom. The summed E-state index contributed by atoms with van der Waals surface area (Å²) in [5, 5.41) is 11.7. The van der Waals surface area contributed by atoms with Crippen molar-refractivity contribution in [2.24, 2.45) is 34.7 Å². The maximum atomic E-state index is 13.7. The van der Waals surface area contributed by atoms with Crippen molar-refractivity contribution in [3.63, 3.8) is 0 Å². The first-order valence-electron chi connectivity index (χ1n) is 15.2. The summed E-state index contributed by atoms with van der Waals surface area (Å²) in [7, 11) is -3.47.